The molecular weight excluding hydrogens is 303 g/mol. The van der Waals surface area contributed by atoms with Crippen LogP contribution in [0.15, 0.2) is 18.2 Å². The Kier molecular flexibility index (Phi) is 3.70. The number of carbonyl (C=O) groups excluding carboxylic acids is 2. The van der Waals surface area contributed by atoms with Gasteiger partial charge in [0.15, 0.2) is 5.54 Å². The number of anilines is 1. The molecule has 2 N–H and O–H groups in total. The summed E-state index contributed by atoms with van der Waals surface area (Å²) in [5, 5.41) is 13.2. The zero-order valence-electron chi connectivity index (χ0n) is 11.2. The molecule has 6 nitrogen and oxygen atoms in total. The molecule has 1 aromatic rings. The van der Waals surface area contributed by atoms with Crippen molar-refractivity contribution in [1.29, 1.82) is 5.26 Å². The lowest BCUT2D eigenvalue weighted by atomic mass is 10.0. The third-order valence-corrected chi connectivity index (χ3v) is 3.07. The van der Waals surface area contributed by atoms with Crippen LogP contribution in [0.25, 0.3) is 0 Å². The molecule has 1 saturated heterocycles. The average molecular weight is 313 g/mol. The number of nitrogens with zero attached hydrogens (tertiary/aromatic N) is 1. The lowest BCUT2D eigenvalue weighted by Crippen LogP contribution is -2.51. The molecule has 1 atom stereocenters. The molecule has 2 rings (SSSR count). The Bertz CT molecular complexity index is 681. The Morgan fingerprint density at radius 3 is 2.68 bits per heavy atom. The first-order valence-corrected chi connectivity index (χ1v) is 6.03. The van der Waals surface area contributed by atoms with Crippen molar-refractivity contribution in [3.63, 3.8) is 0 Å². The number of cyclic esters (lactones) is 1. The van der Waals surface area contributed by atoms with E-state index in [1.165, 1.54) is 19.1 Å². The van der Waals surface area contributed by atoms with Crippen molar-refractivity contribution >= 4 is 17.7 Å². The highest BCUT2D eigenvalue weighted by Gasteiger charge is 2.42. The van der Waals surface area contributed by atoms with Crippen LogP contribution in [-0.2, 0) is 15.7 Å². The molecular formula is C13H10F3N3O3. The van der Waals surface area contributed by atoms with Gasteiger partial charge in [-0.3, -0.25) is 4.79 Å². The van der Waals surface area contributed by atoms with E-state index in [-0.39, 0.29) is 12.3 Å². The number of hydrogen-bond donors (Lipinski definition) is 2. The predicted octanol–water partition coefficient (Wildman–Crippen LogP) is 2.01. The lowest BCUT2D eigenvalue weighted by molar-refractivity contribution is -0.137. The van der Waals surface area contributed by atoms with Gasteiger partial charge in [0.25, 0.3) is 5.91 Å². The molecule has 9 heteroatoms. The second-order valence-corrected chi connectivity index (χ2v) is 4.86. The first-order valence-electron chi connectivity index (χ1n) is 6.03. The van der Waals surface area contributed by atoms with Crippen molar-refractivity contribution in [3.05, 3.63) is 29.3 Å². The van der Waals surface area contributed by atoms with Crippen LogP contribution < -0.4 is 10.6 Å². The van der Waals surface area contributed by atoms with Gasteiger partial charge in [0.05, 0.1) is 17.2 Å². The minimum absolute atomic E-state index is 0.140. The second-order valence-electron chi connectivity index (χ2n) is 4.86. The predicted molar refractivity (Wildman–Crippen MR) is 67.7 cm³/mol. The van der Waals surface area contributed by atoms with Crippen molar-refractivity contribution < 1.29 is 27.5 Å². The minimum Gasteiger partial charge on any atom is -0.446 e. The normalized spacial score (nSPS) is 20.8. The molecule has 1 aromatic carbocycles. The average Bonchev–Trinajstić information content (AvgIpc) is 2.79. The van der Waals surface area contributed by atoms with Crippen LogP contribution in [0.4, 0.5) is 23.7 Å². The van der Waals surface area contributed by atoms with E-state index in [0.717, 1.165) is 6.07 Å². The van der Waals surface area contributed by atoms with E-state index in [1.807, 2.05) is 0 Å². The Labute approximate surface area is 122 Å². The van der Waals surface area contributed by atoms with Crippen molar-refractivity contribution in [3.8, 4) is 6.07 Å². The number of amides is 2. The Morgan fingerprint density at radius 2 is 2.18 bits per heavy atom. The number of alkyl carbamates (subject to hydrolysis) is 1. The molecule has 2 amide bonds. The first-order chi connectivity index (χ1) is 10.2. The van der Waals surface area contributed by atoms with Gasteiger partial charge in [-0.05, 0) is 25.1 Å². The van der Waals surface area contributed by atoms with Crippen molar-refractivity contribution in [1.82, 2.24) is 5.32 Å². The molecule has 22 heavy (non-hydrogen) atoms. The number of benzene rings is 1. The SMILES string of the molecule is CC1(C(=O)Nc2ccc(C#N)c(C(F)(F)F)c2)COC(=O)N1. The summed E-state index contributed by atoms with van der Waals surface area (Å²) in [5.41, 5.74) is -3.21. The molecule has 1 aliphatic heterocycles. The van der Waals surface area contributed by atoms with Gasteiger partial charge >= 0.3 is 12.3 Å². The van der Waals surface area contributed by atoms with E-state index in [1.54, 1.807) is 0 Å². The van der Waals surface area contributed by atoms with E-state index in [4.69, 9.17) is 5.26 Å². The highest BCUT2D eigenvalue weighted by molar-refractivity contribution is 6.01. The molecule has 0 aromatic heterocycles. The van der Waals surface area contributed by atoms with E-state index in [9.17, 15) is 22.8 Å². The molecule has 0 saturated carbocycles. The topological polar surface area (TPSA) is 91.2 Å². The van der Waals surface area contributed by atoms with Gasteiger partial charge in [0.2, 0.25) is 0 Å². The number of nitrogens with one attached hydrogen (secondary N) is 2. The third-order valence-electron chi connectivity index (χ3n) is 3.07. The molecule has 116 valence electrons. The zero-order chi connectivity index (χ0) is 16.5. The van der Waals surface area contributed by atoms with Gasteiger partial charge in [-0.2, -0.15) is 18.4 Å². The number of nitriles is 1. The van der Waals surface area contributed by atoms with Crippen LogP contribution in [0.2, 0.25) is 0 Å². The summed E-state index contributed by atoms with van der Waals surface area (Å²) in [7, 11) is 0. The smallest absolute Gasteiger partial charge is 0.417 e. The number of ether oxygens (including phenoxy) is 1. The summed E-state index contributed by atoms with van der Waals surface area (Å²) >= 11 is 0. The second kappa shape index (κ2) is 5.22. The van der Waals surface area contributed by atoms with E-state index in [2.05, 4.69) is 15.4 Å². The van der Waals surface area contributed by atoms with Gasteiger partial charge in [-0.15, -0.1) is 0 Å². The van der Waals surface area contributed by atoms with Gasteiger partial charge in [0, 0.05) is 5.69 Å². The van der Waals surface area contributed by atoms with Crippen LogP contribution in [0.3, 0.4) is 0 Å². The molecule has 1 aliphatic rings. The molecule has 0 bridgehead atoms. The number of carbonyl (C=O) groups is 2. The van der Waals surface area contributed by atoms with Crippen molar-refractivity contribution in [2.24, 2.45) is 0 Å². The Balaban J connectivity index is 2.26. The Morgan fingerprint density at radius 1 is 1.50 bits per heavy atom. The van der Waals surface area contributed by atoms with Crippen LogP contribution in [-0.4, -0.2) is 24.1 Å². The molecule has 1 fully saturated rings. The molecule has 0 spiro atoms. The molecule has 0 aliphatic carbocycles. The maximum atomic E-state index is 12.8. The standard InChI is InChI=1S/C13H10F3N3O3/c1-12(6-22-11(21)19-12)10(20)18-8-3-2-7(5-17)9(4-8)13(14,15)16/h2-4H,6H2,1H3,(H,18,20)(H,19,21). The van der Waals surface area contributed by atoms with Gasteiger partial charge in [-0.25, -0.2) is 4.79 Å². The fourth-order valence-electron chi connectivity index (χ4n) is 1.85. The van der Waals surface area contributed by atoms with Crippen LogP contribution in [0.5, 0.6) is 0 Å². The van der Waals surface area contributed by atoms with Crippen LogP contribution >= 0.6 is 0 Å². The number of halogens is 3. The largest absolute Gasteiger partial charge is 0.446 e. The highest BCUT2D eigenvalue weighted by atomic mass is 19.4. The summed E-state index contributed by atoms with van der Waals surface area (Å²) in [6, 6.07) is 4.24. The molecule has 1 heterocycles. The number of alkyl halides is 3. The lowest BCUT2D eigenvalue weighted by Gasteiger charge is -2.20. The number of rotatable bonds is 2. The minimum atomic E-state index is -4.72. The van der Waals surface area contributed by atoms with Gasteiger partial charge in [-0.1, -0.05) is 0 Å². The maximum Gasteiger partial charge on any atom is 0.417 e. The molecule has 1 unspecified atom stereocenters. The van der Waals surface area contributed by atoms with E-state index < -0.39 is 34.8 Å². The zero-order valence-corrected chi connectivity index (χ0v) is 11.2. The van der Waals surface area contributed by atoms with E-state index >= 15 is 0 Å². The summed E-state index contributed by atoms with van der Waals surface area (Å²) in [5.74, 6) is -0.726. The van der Waals surface area contributed by atoms with Crippen molar-refractivity contribution in [2.75, 3.05) is 11.9 Å². The summed E-state index contributed by atoms with van der Waals surface area (Å²) in [6.07, 6.45) is -5.51. The summed E-state index contributed by atoms with van der Waals surface area (Å²) in [6.45, 7) is 1.14. The maximum absolute atomic E-state index is 12.8. The van der Waals surface area contributed by atoms with Crippen molar-refractivity contribution in [2.45, 2.75) is 18.6 Å². The first kappa shape index (κ1) is 15.6. The van der Waals surface area contributed by atoms with Gasteiger partial charge in [0.1, 0.15) is 6.61 Å². The Hall–Kier alpha value is -2.76. The van der Waals surface area contributed by atoms with Gasteiger partial charge < -0.3 is 15.4 Å². The molecule has 0 radical (unpaired) electrons. The van der Waals surface area contributed by atoms with Crippen LogP contribution in [0, 0.1) is 11.3 Å². The summed E-state index contributed by atoms with van der Waals surface area (Å²) in [4.78, 5) is 23.0. The fourth-order valence-corrected chi connectivity index (χ4v) is 1.85. The van der Waals surface area contributed by atoms with Crippen LogP contribution in [0.1, 0.15) is 18.1 Å². The quantitative estimate of drug-likeness (QED) is 0.874. The monoisotopic (exact) mass is 313 g/mol. The fraction of sp³-hybridized carbons (Fsp3) is 0.308. The summed E-state index contributed by atoms with van der Waals surface area (Å²) < 4.78 is 43.1. The number of hydrogen-bond acceptors (Lipinski definition) is 4. The highest BCUT2D eigenvalue weighted by Crippen LogP contribution is 2.33. The third kappa shape index (κ3) is 2.95. The van der Waals surface area contributed by atoms with E-state index in [0.29, 0.717) is 6.07 Å².